The van der Waals surface area contributed by atoms with Gasteiger partial charge in [-0.05, 0) is 59.8 Å². The second-order valence-corrected chi connectivity index (χ2v) is 6.74. The predicted octanol–water partition coefficient (Wildman–Crippen LogP) is 4.82. The topological polar surface area (TPSA) is 38.3 Å². The van der Waals surface area contributed by atoms with Crippen LogP contribution in [-0.2, 0) is 4.79 Å². The van der Waals surface area contributed by atoms with Gasteiger partial charge in [-0.25, -0.2) is 0 Å². The molecule has 1 atom stereocenters. The van der Waals surface area contributed by atoms with Crippen LogP contribution in [0.5, 0.6) is 5.75 Å². The Morgan fingerprint density at radius 3 is 2.48 bits per heavy atom. The fourth-order valence-electron chi connectivity index (χ4n) is 2.66. The lowest BCUT2D eigenvalue weighted by Gasteiger charge is -2.15. The zero-order valence-corrected chi connectivity index (χ0v) is 15.2. The molecule has 0 saturated carbocycles. The third kappa shape index (κ3) is 4.54. The summed E-state index contributed by atoms with van der Waals surface area (Å²) in [6.07, 6.45) is 2.03. The molecule has 0 aliphatic heterocycles. The van der Waals surface area contributed by atoms with E-state index in [9.17, 15) is 4.79 Å². The van der Waals surface area contributed by atoms with Crippen LogP contribution >= 0.6 is 11.8 Å². The van der Waals surface area contributed by atoms with E-state index in [2.05, 4.69) is 35.6 Å². The van der Waals surface area contributed by atoms with Crippen LogP contribution in [0.25, 0.3) is 10.8 Å². The van der Waals surface area contributed by atoms with Crippen molar-refractivity contribution in [2.24, 2.45) is 0 Å². The minimum absolute atomic E-state index is 0.0105. The maximum atomic E-state index is 12.1. The Bertz CT molecular complexity index is 861. The molecule has 0 heterocycles. The Morgan fingerprint density at radius 2 is 1.76 bits per heavy atom. The lowest BCUT2D eigenvalue weighted by molar-refractivity contribution is -0.123. The Balaban J connectivity index is 1.57. The number of nitrogens with one attached hydrogen (secondary N) is 1. The second kappa shape index (κ2) is 8.08. The number of carbonyl (C=O) groups is 1. The van der Waals surface area contributed by atoms with E-state index in [4.69, 9.17) is 4.74 Å². The van der Waals surface area contributed by atoms with Gasteiger partial charge in [-0.2, -0.15) is 0 Å². The second-order valence-electron chi connectivity index (χ2n) is 5.86. The highest BCUT2D eigenvalue weighted by atomic mass is 32.2. The van der Waals surface area contributed by atoms with E-state index in [1.165, 1.54) is 15.7 Å². The van der Waals surface area contributed by atoms with Gasteiger partial charge in [-0.15, -0.1) is 11.8 Å². The molecule has 25 heavy (non-hydrogen) atoms. The van der Waals surface area contributed by atoms with Crippen molar-refractivity contribution in [2.45, 2.75) is 17.9 Å². The number of hydrogen-bond acceptors (Lipinski definition) is 3. The number of fused-ring (bicyclic) bond motifs is 1. The van der Waals surface area contributed by atoms with Crippen LogP contribution in [0.4, 0.5) is 0 Å². The van der Waals surface area contributed by atoms with E-state index in [-0.39, 0.29) is 18.6 Å². The van der Waals surface area contributed by atoms with Crippen LogP contribution in [0.2, 0.25) is 0 Å². The maximum absolute atomic E-state index is 12.1. The molecule has 0 aliphatic rings. The molecule has 0 aliphatic carbocycles. The van der Waals surface area contributed by atoms with E-state index in [1.807, 2.05) is 49.6 Å². The lowest BCUT2D eigenvalue weighted by atomic mass is 10.0. The predicted molar refractivity (Wildman–Crippen MR) is 104 cm³/mol. The molecule has 0 saturated heterocycles. The average Bonchev–Trinajstić information content (AvgIpc) is 2.66. The van der Waals surface area contributed by atoms with Crippen molar-refractivity contribution < 1.29 is 9.53 Å². The van der Waals surface area contributed by atoms with Crippen LogP contribution in [0.15, 0.2) is 71.6 Å². The summed E-state index contributed by atoms with van der Waals surface area (Å²) < 4.78 is 5.55. The number of benzene rings is 3. The van der Waals surface area contributed by atoms with Crippen LogP contribution in [0.3, 0.4) is 0 Å². The number of amides is 1. The van der Waals surface area contributed by atoms with E-state index in [1.54, 1.807) is 11.8 Å². The fraction of sp³-hybridized carbons (Fsp3) is 0.190. The van der Waals surface area contributed by atoms with Gasteiger partial charge in [0.05, 0.1) is 6.04 Å². The highest BCUT2D eigenvalue weighted by molar-refractivity contribution is 7.98. The van der Waals surface area contributed by atoms with Crippen LogP contribution in [-0.4, -0.2) is 18.8 Å². The zero-order chi connectivity index (χ0) is 17.6. The molecular weight excluding hydrogens is 330 g/mol. The first kappa shape index (κ1) is 17.4. The van der Waals surface area contributed by atoms with Crippen molar-refractivity contribution in [3.63, 3.8) is 0 Å². The van der Waals surface area contributed by atoms with Gasteiger partial charge < -0.3 is 10.1 Å². The van der Waals surface area contributed by atoms with E-state index >= 15 is 0 Å². The van der Waals surface area contributed by atoms with Crippen molar-refractivity contribution >= 4 is 28.4 Å². The Kier molecular flexibility index (Phi) is 5.61. The third-order valence-corrected chi connectivity index (χ3v) is 4.82. The molecule has 0 unspecified atom stereocenters. The number of ether oxygens (including phenoxy) is 1. The Labute approximate surface area is 152 Å². The number of rotatable bonds is 6. The SMILES string of the molecule is CSc1ccc(OCC(=O)N[C@H](C)c2ccc3ccccc3c2)cc1. The van der Waals surface area contributed by atoms with Gasteiger partial charge in [0.15, 0.2) is 6.61 Å². The smallest absolute Gasteiger partial charge is 0.258 e. The van der Waals surface area contributed by atoms with Crippen molar-refractivity contribution in [1.82, 2.24) is 5.32 Å². The zero-order valence-electron chi connectivity index (χ0n) is 14.4. The standard InChI is InChI=1S/C21H21NO2S/c1-15(17-8-7-16-5-3-4-6-18(16)13-17)22-21(23)14-24-19-9-11-20(25-2)12-10-19/h3-13,15H,14H2,1-2H3,(H,22,23)/t15-/m1/s1. The largest absolute Gasteiger partial charge is 0.484 e. The molecule has 0 aromatic heterocycles. The molecule has 4 heteroatoms. The monoisotopic (exact) mass is 351 g/mol. The summed E-state index contributed by atoms with van der Waals surface area (Å²) >= 11 is 1.67. The quantitative estimate of drug-likeness (QED) is 0.647. The lowest BCUT2D eigenvalue weighted by Crippen LogP contribution is -2.31. The highest BCUT2D eigenvalue weighted by Gasteiger charge is 2.10. The van der Waals surface area contributed by atoms with Crippen molar-refractivity contribution in [3.8, 4) is 5.75 Å². The summed E-state index contributed by atoms with van der Waals surface area (Å²) in [7, 11) is 0. The molecule has 1 amide bonds. The summed E-state index contributed by atoms with van der Waals surface area (Å²) in [5.41, 5.74) is 1.08. The molecule has 0 spiro atoms. The molecule has 3 nitrogen and oxygen atoms in total. The molecule has 128 valence electrons. The average molecular weight is 351 g/mol. The molecular formula is C21H21NO2S. The van der Waals surface area contributed by atoms with Crippen LogP contribution in [0.1, 0.15) is 18.5 Å². The van der Waals surface area contributed by atoms with Crippen molar-refractivity contribution in [2.75, 3.05) is 12.9 Å². The molecule has 0 bridgehead atoms. The van der Waals surface area contributed by atoms with Crippen LogP contribution in [0, 0.1) is 0 Å². The summed E-state index contributed by atoms with van der Waals surface area (Å²) in [6, 6.07) is 22.1. The summed E-state index contributed by atoms with van der Waals surface area (Å²) in [5.74, 6) is 0.570. The molecule has 3 rings (SSSR count). The minimum Gasteiger partial charge on any atom is -0.484 e. The van der Waals surface area contributed by atoms with Gasteiger partial charge in [0, 0.05) is 4.90 Å². The number of carbonyl (C=O) groups excluding carboxylic acids is 1. The van der Waals surface area contributed by atoms with Gasteiger partial charge in [0.2, 0.25) is 0 Å². The maximum Gasteiger partial charge on any atom is 0.258 e. The normalized spacial score (nSPS) is 11.9. The summed E-state index contributed by atoms with van der Waals surface area (Å²) in [4.78, 5) is 13.3. The summed E-state index contributed by atoms with van der Waals surface area (Å²) in [6.45, 7) is 1.99. The van der Waals surface area contributed by atoms with Crippen molar-refractivity contribution in [3.05, 3.63) is 72.3 Å². The van der Waals surface area contributed by atoms with E-state index in [0.717, 1.165) is 5.56 Å². The Hall–Kier alpha value is -2.46. The molecule has 3 aromatic rings. The van der Waals surface area contributed by atoms with Gasteiger partial charge >= 0.3 is 0 Å². The van der Waals surface area contributed by atoms with Crippen molar-refractivity contribution in [1.29, 1.82) is 0 Å². The first-order valence-corrected chi connectivity index (χ1v) is 9.43. The van der Waals surface area contributed by atoms with E-state index in [0.29, 0.717) is 5.75 Å². The van der Waals surface area contributed by atoms with Gasteiger partial charge in [0.1, 0.15) is 5.75 Å². The number of thioether (sulfide) groups is 1. The highest BCUT2D eigenvalue weighted by Crippen LogP contribution is 2.21. The van der Waals surface area contributed by atoms with E-state index < -0.39 is 0 Å². The first-order valence-electron chi connectivity index (χ1n) is 8.20. The van der Waals surface area contributed by atoms with Gasteiger partial charge in [0.25, 0.3) is 5.91 Å². The minimum atomic E-state index is -0.130. The van der Waals surface area contributed by atoms with Gasteiger partial charge in [-0.3, -0.25) is 4.79 Å². The fourth-order valence-corrected chi connectivity index (χ4v) is 3.07. The molecule has 0 radical (unpaired) electrons. The molecule has 1 N–H and O–H groups in total. The Morgan fingerprint density at radius 1 is 1.04 bits per heavy atom. The van der Waals surface area contributed by atoms with Gasteiger partial charge in [-0.1, -0.05) is 36.4 Å². The third-order valence-electron chi connectivity index (χ3n) is 4.08. The molecule has 0 fully saturated rings. The summed E-state index contributed by atoms with van der Waals surface area (Å²) in [5, 5.41) is 5.35. The van der Waals surface area contributed by atoms with Crippen LogP contribution < -0.4 is 10.1 Å². The number of hydrogen-bond donors (Lipinski definition) is 1. The molecule has 3 aromatic carbocycles. The first-order chi connectivity index (χ1) is 12.2.